The number of aromatic nitrogens is 3. The van der Waals surface area contributed by atoms with Crippen LogP contribution < -0.4 is 0 Å². The third-order valence-electron chi connectivity index (χ3n) is 13.0. The number of benzene rings is 9. The molecule has 0 radical (unpaired) electrons. The summed E-state index contributed by atoms with van der Waals surface area (Å²) in [6, 6.07) is 77.5. The summed E-state index contributed by atoms with van der Waals surface area (Å²) in [6.07, 6.45) is 0. The lowest BCUT2D eigenvalue weighted by atomic mass is 9.65. The van der Waals surface area contributed by atoms with E-state index in [9.17, 15) is 0 Å². The minimum Gasteiger partial charge on any atom is -0.309 e. The number of rotatable bonds is 4. The van der Waals surface area contributed by atoms with Crippen LogP contribution in [0.1, 0.15) is 22.3 Å². The molecule has 1 spiro atoms. The molecule has 11 aromatic rings. The number of para-hydroxylation sites is 3. The summed E-state index contributed by atoms with van der Waals surface area (Å²) in [5.41, 5.74) is 18.1. The highest BCUT2D eigenvalue weighted by Crippen LogP contribution is 2.61. The summed E-state index contributed by atoms with van der Waals surface area (Å²) in [7, 11) is 0. The molecule has 0 N–H and O–H groups in total. The van der Waals surface area contributed by atoms with Crippen molar-refractivity contribution in [3.05, 3.63) is 235 Å². The third-order valence-corrected chi connectivity index (χ3v) is 13.0. The molecule has 0 amide bonds. The van der Waals surface area contributed by atoms with Gasteiger partial charge >= 0.3 is 0 Å². The maximum Gasteiger partial charge on any atom is 0.160 e. The number of fused-ring (bicyclic) bond motifs is 13. The molecule has 0 saturated heterocycles. The Labute approximate surface area is 347 Å². The Morgan fingerprint density at radius 1 is 0.350 bits per heavy atom. The first-order chi connectivity index (χ1) is 29.7. The summed E-state index contributed by atoms with van der Waals surface area (Å²) in [5.74, 6) is 0.712. The highest BCUT2D eigenvalue weighted by molar-refractivity contribution is 6.13. The van der Waals surface area contributed by atoms with Crippen molar-refractivity contribution >= 4 is 32.6 Å². The second-order valence-corrected chi connectivity index (χ2v) is 16.1. The van der Waals surface area contributed by atoms with Crippen molar-refractivity contribution < 1.29 is 0 Å². The van der Waals surface area contributed by atoms with Gasteiger partial charge in [-0.3, -0.25) is 0 Å². The molecule has 3 heterocycles. The first-order valence-electron chi connectivity index (χ1n) is 20.7. The van der Waals surface area contributed by atoms with Crippen molar-refractivity contribution in [1.82, 2.24) is 14.5 Å². The van der Waals surface area contributed by atoms with Gasteiger partial charge in [0.05, 0.1) is 33.5 Å². The predicted molar refractivity (Wildman–Crippen MR) is 246 cm³/mol. The van der Waals surface area contributed by atoms with Gasteiger partial charge in [-0.1, -0.05) is 176 Å². The van der Waals surface area contributed by atoms with E-state index in [1.54, 1.807) is 0 Å². The molecule has 2 aromatic heterocycles. The maximum atomic E-state index is 5.29. The second kappa shape index (κ2) is 12.6. The molecule has 3 heteroatoms. The fourth-order valence-electron chi connectivity index (χ4n) is 10.4. The van der Waals surface area contributed by atoms with Gasteiger partial charge in [0.2, 0.25) is 0 Å². The Kier molecular flexibility index (Phi) is 6.93. The number of hydrogen-bond donors (Lipinski definition) is 0. The third kappa shape index (κ3) is 4.60. The summed E-state index contributed by atoms with van der Waals surface area (Å²) in [5, 5.41) is 5.03. The van der Waals surface area contributed by atoms with Crippen LogP contribution in [0.2, 0.25) is 0 Å². The van der Waals surface area contributed by atoms with E-state index in [2.05, 4.69) is 205 Å². The van der Waals surface area contributed by atoms with Gasteiger partial charge < -0.3 is 4.57 Å². The smallest absolute Gasteiger partial charge is 0.160 e. The van der Waals surface area contributed by atoms with Gasteiger partial charge in [0.25, 0.3) is 0 Å². The lowest BCUT2D eigenvalue weighted by Gasteiger charge is -2.39. The molecule has 1 aliphatic heterocycles. The Hall–Kier alpha value is -7.88. The Morgan fingerprint density at radius 3 is 1.75 bits per heavy atom. The normalized spacial score (nSPS) is 14.7. The summed E-state index contributed by atoms with van der Waals surface area (Å²) >= 11 is 0. The van der Waals surface area contributed by atoms with E-state index >= 15 is 0 Å². The minimum absolute atomic E-state index is 0.554. The van der Waals surface area contributed by atoms with Gasteiger partial charge in [-0.05, 0) is 91.7 Å². The molecule has 0 bridgehead atoms. The number of nitrogens with zero attached hydrogens (tertiary/aromatic N) is 3. The topological polar surface area (TPSA) is 30.7 Å². The van der Waals surface area contributed by atoms with Crippen molar-refractivity contribution in [1.29, 1.82) is 0 Å². The molecule has 9 aromatic carbocycles. The SMILES string of the molecule is c1ccc(-c2cc(-c3ccc4c(c3)-c3cc(-c5ccc6ccccc6c5)ccc3C43c4ccccc4-n4c5ccccc5c5cccc3c54)nc(-c3ccccc3)n2)cc1. The molecule has 60 heavy (non-hydrogen) atoms. The predicted octanol–water partition coefficient (Wildman–Crippen LogP) is 14.1. The average molecular weight is 762 g/mol. The molecular weight excluding hydrogens is 727 g/mol. The van der Waals surface area contributed by atoms with Crippen LogP contribution in [0.25, 0.3) is 94.4 Å². The highest BCUT2D eigenvalue weighted by atomic mass is 15.0. The molecule has 13 rings (SSSR count). The van der Waals surface area contributed by atoms with Gasteiger partial charge in [-0.15, -0.1) is 0 Å². The fourth-order valence-corrected chi connectivity index (χ4v) is 10.4. The zero-order valence-corrected chi connectivity index (χ0v) is 32.5. The largest absolute Gasteiger partial charge is 0.309 e. The van der Waals surface area contributed by atoms with E-state index in [1.165, 1.54) is 82.8 Å². The summed E-state index contributed by atoms with van der Waals surface area (Å²) in [6.45, 7) is 0. The van der Waals surface area contributed by atoms with Crippen LogP contribution >= 0.6 is 0 Å². The molecule has 1 aliphatic carbocycles. The highest BCUT2D eigenvalue weighted by Gasteiger charge is 2.51. The standard InChI is InChI=1S/C57H35N3/c1-3-15-37(16-4-1)51-35-52(59-56(58-51)38-17-5-2-6-18-38)42-29-31-48-46(34-42)45-33-41(40-27-26-36-14-7-8-19-39(36)32-40)28-30-47(45)57(48)49-22-10-12-25-54(49)60-53-24-11-9-20-43(53)44-21-13-23-50(57)55(44)60/h1-35H. The van der Waals surface area contributed by atoms with E-state index < -0.39 is 5.41 Å². The van der Waals surface area contributed by atoms with Crippen molar-refractivity contribution in [3.8, 4) is 61.8 Å². The zero-order valence-electron chi connectivity index (χ0n) is 32.5. The van der Waals surface area contributed by atoms with E-state index in [0.29, 0.717) is 5.82 Å². The molecule has 0 fully saturated rings. The summed E-state index contributed by atoms with van der Waals surface area (Å²) < 4.78 is 2.51. The van der Waals surface area contributed by atoms with Gasteiger partial charge in [0.15, 0.2) is 5.82 Å². The second-order valence-electron chi connectivity index (χ2n) is 16.1. The van der Waals surface area contributed by atoms with Gasteiger partial charge in [-0.2, -0.15) is 0 Å². The van der Waals surface area contributed by atoms with E-state index in [0.717, 1.165) is 28.1 Å². The van der Waals surface area contributed by atoms with Crippen LogP contribution in [0, 0.1) is 0 Å². The summed E-state index contributed by atoms with van der Waals surface area (Å²) in [4.78, 5) is 10.4. The lowest BCUT2D eigenvalue weighted by molar-refractivity contribution is 0.748. The van der Waals surface area contributed by atoms with Crippen LogP contribution in [-0.4, -0.2) is 14.5 Å². The van der Waals surface area contributed by atoms with E-state index in [4.69, 9.17) is 9.97 Å². The van der Waals surface area contributed by atoms with Gasteiger partial charge in [-0.25, -0.2) is 9.97 Å². The molecule has 1 atom stereocenters. The molecule has 0 saturated carbocycles. The van der Waals surface area contributed by atoms with Crippen LogP contribution in [0.3, 0.4) is 0 Å². The molecule has 2 aliphatic rings. The zero-order chi connectivity index (χ0) is 39.4. The Bertz CT molecular complexity index is 3490. The van der Waals surface area contributed by atoms with E-state index in [-0.39, 0.29) is 0 Å². The first-order valence-corrected chi connectivity index (χ1v) is 20.7. The van der Waals surface area contributed by atoms with Crippen molar-refractivity contribution in [2.45, 2.75) is 5.41 Å². The quantitative estimate of drug-likeness (QED) is 0.179. The Morgan fingerprint density at radius 2 is 0.933 bits per heavy atom. The first kappa shape index (κ1) is 33.1. The lowest BCUT2D eigenvalue weighted by Crippen LogP contribution is -2.33. The van der Waals surface area contributed by atoms with E-state index in [1.807, 2.05) is 12.1 Å². The molecular formula is C57H35N3. The minimum atomic E-state index is -0.554. The fraction of sp³-hybridized carbons (Fsp3) is 0.0175. The van der Waals surface area contributed by atoms with Gasteiger partial charge in [0.1, 0.15) is 0 Å². The van der Waals surface area contributed by atoms with Crippen molar-refractivity contribution in [3.63, 3.8) is 0 Å². The van der Waals surface area contributed by atoms with Crippen LogP contribution in [0.15, 0.2) is 212 Å². The monoisotopic (exact) mass is 761 g/mol. The van der Waals surface area contributed by atoms with Crippen LogP contribution in [0.4, 0.5) is 0 Å². The molecule has 1 unspecified atom stereocenters. The maximum absolute atomic E-state index is 5.29. The van der Waals surface area contributed by atoms with Crippen LogP contribution in [0.5, 0.6) is 0 Å². The van der Waals surface area contributed by atoms with Crippen LogP contribution in [-0.2, 0) is 5.41 Å². The average Bonchev–Trinajstić information content (AvgIpc) is 3.82. The Balaban J connectivity index is 1.11. The van der Waals surface area contributed by atoms with Crippen molar-refractivity contribution in [2.24, 2.45) is 0 Å². The molecule has 3 nitrogen and oxygen atoms in total. The number of hydrogen-bond acceptors (Lipinski definition) is 2. The van der Waals surface area contributed by atoms with Crippen molar-refractivity contribution in [2.75, 3.05) is 0 Å². The van der Waals surface area contributed by atoms with Gasteiger partial charge in [0, 0.05) is 27.5 Å². The molecule has 278 valence electrons.